The number of benzene rings is 5. The molecule has 0 radical (unpaired) electrons. The van der Waals surface area contributed by atoms with Crippen molar-refractivity contribution in [1.29, 1.82) is 0 Å². The number of carbonyl (C=O) groups is 1. The number of carboxylic acid groups (broad SMARTS) is 1. The quantitative estimate of drug-likeness (QED) is 0.174. The fraction of sp³-hybridized carbons (Fsp3) is 0.114. The number of hydrogen-bond donors (Lipinski definition) is 1. The van der Waals surface area contributed by atoms with Crippen LogP contribution in [0.4, 0.5) is 0 Å². The second kappa shape index (κ2) is 11.9. The van der Waals surface area contributed by atoms with Crippen LogP contribution in [-0.2, 0) is 22.1 Å². The Morgan fingerprint density at radius 3 is 1.81 bits per heavy atom. The SMILES string of the molecule is Cc1ccc(S(=O)(=O)Oc2cc(OC(C)(c3ccccc3)c3ccccc3)cc(C(=O)O)c2Cc2ccccc2)cc1. The molecule has 0 aliphatic heterocycles. The smallest absolute Gasteiger partial charge is 0.339 e. The lowest BCUT2D eigenvalue weighted by Crippen LogP contribution is -2.31. The first-order valence-electron chi connectivity index (χ1n) is 13.4. The molecular weight excluding hydrogens is 548 g/mol. The van der Waals surface area contributed by atoms with Crippen molar-refractivity contribution in [2.45, 2.75) is 30.8 Å². The van der Waals surface area contributed by atoms with E-state index >= 15 is 0 Å². The molecular formula is C35H30O6S. The number of rotatable bonds is 10. The van der Waals surface area contributed by atoms with Crippen molar-refractivity contribution in [3.05, 3.63) is 161 Å². The molecule has 0 heterocycles. The normalized spacial score (nSPS) is 11.6. The maximum Gasteiger partial charge on any atom is 0.339 e. The molecule has 5 aromatic rings. The third-order valence-electron chi connectivity index (χ3n) is 7.12. The van der Waals surface area contributed by atoms with Gasteiger partial charge in [0, 0.05) is 18.1 Å². The topological polar surface area (TPSA) is 89.9 Å². The van der Waals surface area contributed by atoms with Crippen molar-refractivity contribution in [1.82, 2.24) is 0 Å². The Morgan fingerprint density at radius 1 is 0.762 bits per heavy atom. The van der Waals surface area contributed by atoms with Crippen LogP contribution in [0.15, 0.2) is 132 Å². The highest BCUT2D eigenvalue weighted by Gasteiger charge is 2.33. The zero-order valence-electron chi connectivity index (χ0n) is 23.2. The Hall–Kier alpha value is -4.88. The molecule has 1 N–H and O–H groups in total. The summed E-state index contributed by atoms with van der Waals surface area (Å²) in [7, 11) is -4.30. The predicted octanol–water partition coefficient (Wildman–Crippen LogP) is 7.39. The van der Waals surface area contributed by atoms with Gasteiger partial charge in [-0.2, -0.15) is 8.42 Å². The molecule has 5 rings (SSSR count). The van der Waals surface area contributed by atoms with E-state index in [1.54, 1.807) is 12.1 Å². The van der Waals surface area contributed by atoms with Crippen molar-refractivity contribution >= 4 is 16.1 Å². The van der Waals surface area contributed by atoms with Gasteiger partial charge in [0.1, 0.15) is 10.6 Å². The number of carboxylic acids is 1. The van der Waals surface area contributed by atoms with Crippen LogP contribution in [0.25, 0.3) is 0 Å². The molecule has 0 aliphatic carbocycles. The molecule has 212 valence electrons. The van der Waals surface area contributed by atoms with E-state index in [9.17, 15) is 18.3 Å². The van der Waals surface area contributed by atoms with Crippen LogP contribution in [0.2, 0.25) is 0 Å². The minimum Gasteiger partial charge on any atom is -0.478 e. The highest BCUT2D eigenvalue weighted by atomic mass is 32.2. The lowest BCUT2D eigenvalue weighted by Gasteiger charge is -2.32. The molecule has 0 atom stereocenters. The van der Waals surface area contributed by atoms with Gasteiger partial charge in [-0.05, 0) is 48.7 Å². The maximum atomic E-state index is 13.4. The van der Waals surface area contributed by atoms with Crippen LogP contribution >= 0.6 is 0 Å². The Balaban J connectivity index is 1.67. The van der Waals surface area contributed by atoms with E-state index in [2.05, 4.69) is 0 Å². The summed E-state index contributed by atoms with van der Waals surface area (Å²) in [6.07, 6.45) is 0.135. The molecule has 5 aromatic carbocycles. The average molecular weight is 579 g/mol. The Bertz CT molecular complexity index is 1740. The van der Waals surface area contributed by atoms with Crippen LogP contribution in [0.5, 0.6) is 11.5 Å². The standard InChI is InChI=1S/C35H30O6S/c1-25-18-20-30(21-19-25)42(38,39)41-33-24-29(23-32(34(36)37)31(33)22-26-12-6-3-7-13-26)40-35(2,27-14-8-4-9-15-27)28-16-10-5-11-17-28/h3-21,23-24H,22H2,1-2H3,(H,36,37). The van der Waals surface area contributed by atoms with E-state index in [1.165, 1.54) is 24.3 Å². The van der Waals surface area contributed by atoms with E-state index in [0.717, 1.165) is 22.3 Å². The first-order chi connectivity index (χ1) is 20.2. The molecule has 0 bridgehead atoms. The zero-order chi connectivity index (χ0) is 29.7. The van der Waals surface area contributed by atoms with Crippen LogP contribution in [0.1, 0.15) is 45.1 Å². The van der Waals surface area contributed by atoms with Crippen LogP contribution in [0, 0.1) is 6.92 Å². The van der Waals surface area contributed by atoms with Crippen LogP contribution < -0.4 is 8.92 Å². The zero-order valence-corrected chi connectivity index (χ0v) is 24.0. The van der Waals surface area contributed by atoms with E-state index in [0.29, 0.717) is 0 Å². The highest BCUT2D eigenvalue weighted by Crippen LogP contribution is 2.39. The van der Waals surface area contributed by atoms with Gasteiger partial charge in [-0.3, -0.25) is 0 Å². The molecule has 0 saturated carbocycles. The van der Waals surface area contributed by atoms with E-state index in [-0.39, 0.29) is 33.9 Å². The first kappa shape index (κ1) is 28.6. The summed E-state index contributed by atoms with van der Waals surface area (Å²) in [6, 6.07) is 37.5. The molecule has 0 amide bonds. The Morgan fingerprint density at radius 2 is 1.29 bits per heavy atom. The molecule has 0 saturated heterocycles. The minimum absolute atomic E-state index is 0.0413. The molecule has 0 unspecified atom stereocenters. The molecule has 6 nitrogen and oxygen atoms in total. The lowest BCUT2D eigenvalue weighted by molar-refractivity contribution is 0.0693. The third kappa shape index (κ3) is 6.21. The number of aryl methyl sites for hydroxylation is 1. The fourth-order valence-electron chi connectivity index (χ4n) is 4.83. The van der Waals surface area contributed by atoms with Crippen LogP contribution in [-0.4, -0.2) is 19.5 Å². The average Bonchev–Trinajstić information content (AvgIpc) is 2.99. The molecule has 0 fully saturated rings. The van der Waals surface area contributed by atoms with Gasteiger partial charge in [-0.1, -0.05) is 109 Å². The monoisotopic (exact) mass is 578 g/mol. The van der Waals surface area contributed by atoms with E-state index < -0.39 is 21.7 Å². The van der Waals surface area contributed by atoms with Gasteiger partial charge in [-0.25, -0.2) is 4.79 Å². The van der Waals surface area contributed by atoms with Crippen molar-refractivity contribution < 1.29 is 27.2 Å². The summed E-state index contributed by atoms with van der Waals surface area (Å²) in [4.78, 5) is 12.6. The van der Waals surface area contributed by atoms with Crippen molar-refractivity contribution in [3.8, 4) is 11.5 Å². The van der Waals surface area contributed by atoms with Crippen molar-refractivity contribution in [3.63, 3.8) is 0 Å². The summed E-state index contributed by atoms with van der Waals surface area (Å²) in [5, 5.41) is 10.3. The minimum atomic E-state index is -4.30. The second-order valence-corrected chi connectivity index (χ2v) is 11.7. The molecule has 42 heavy (non-hydrogen) atoms. The van der Waals surface area contributed by atoms with Gasteiger partial charge in [0.25, 0.3) is 0 Å². The predicted molar refractivity (Wildman–Crippen MR) is 162 cm³/mol. The molecule has 0 aliphatic rings. The van der Waals surface area contributed by atoms with E-state index in [1.807, 2.05) is 105 Å². The number of hydrogen-bond acceptors (Lipinski definition) is 5. The second-order valence-electron chi connectivity index (χ2n) is 10.1. The lowest BCUT2D eigenvalue weighted by atomic mass is 9.87. The van der Waals surface area contributed by atoms with Gasteiger partial charge in [0.2, 0.25) is 0 Å². The van der Waals surface area contributed by atoms with Gasteiger partial charge < -0.3 is 14.0 Å². The van der Waals surface area contributed by atoms with Gasteiger partial charge in [0.15, 0.2) is 11.4 Å². The molecule has 0 spiro atoms. The van der Waals surface area contributed by atoms with Crippen molar-refractivity contribution in [2.24, 2.45) is 0 Å². The number of ether oxygens (including phenoxy) is 1. The van der Waals surface area contributed by atoms with E-state index in [4.69, 9.17) is 8.92 Å². The van der Waals surface area contributed by atoms with Gasteiger partial charge >= 0.3 is 16.1 Å². The van der Waals surface area contributed by atoms with Gasteiger partial charge in [0.05, 0.1) is 5.56 Å². The Labute approximate surface area is 246 Å². The highest BCUT2D eigenvalue weighted by molar-refractivity contribution is 7.87. The molecule has 0 aromatic heterocycles. The first-order valence-corrected chi connectivity index (χ1v) is 14.8. The third-order valence-corrected chi connectivity index (χ3v) is 8.37. The van der Waals surface area contributed by atoms with Crippen molar-refractivity contribution in [2.75, 3.05) is 0 Å². The summed E-state index contributed by atoms with van der Waals surface area (Å²) < 4.78 is 39.2. The summed E-state index contributed by atoms with van der Waals surface area (Å²) in [5.74, 6) is -1.20. The summed E-state index contributed by atoms with van der Waals surface area (Å²) in [6.45, 7) is 3.74. The Kier molecular flexibility index (Phi) is 8.13. The number of aromatic carboxylic acids is 1. The largest absolute Gasteiger partial charge is 0.478 e. The van der Waals surface area contributed by atoms with Gasteiger partial charge in [-0.15, -0.1) is 0 Å². The molecule has 7 heteroatoms. The van der Waals surface area contributed by atoms with Crippen LogP contribution in [0.3, 0.4) is 0 Å². The maximum absolute atomic E-state index is 13.4. The summed E-state index contributed by atoms with van der Waals surface area (Å²) >= 11 is 0. The summed E-state index contributed by atoms with van der Waals surface area (Å²) in [5.41, 5.74) is 2.42. The fourth-order valence-corrected chi connectivity index (χ4v) is 5.78.